The van der Waals surface area contributed by atoms with Crippen LogP contribution in [0.15, 0.2) is 35.7 Å². The third-order valence-electron chi connectivity index (χ3n) is 3.24. The number of anilines is 1. The average molecular weight is 343 g/mol. The number of thiazole rings is 1. The second-order valence-corrected chi connectivity index (χ2v) is 6.21. The molecule has 0 saturated carbocycles. The van der Waals surface area contributed by atoms with Gasteiger partial charge in [-0.05, 0) is 30.2 Å². The summed E-state index contributed by atoms with van der Waals surface area (Å²) < 4.78 is 0. The van der Waals surface area contributed by atoms with E-state index in [0.717, 1.165) is 34.8 Å². The zero-order valence-electron chi connectivity index (χ0n) is 13.8. The van der Waals surface area contributed by atoms with Crippen LogP contribution in [0, 0.1) is 0 Å². The Bertz CT molecular complexity index is 720. The highest BCUT2D eigenvalue weighted by atomic mass is 32.1. The molecule has 1 heterocycles. The Labute approximate surface area is 145 Å². The third kappa shape index (κ3) is 5.96. The fraction of sp³-hybridized carbons (Fsp3) is 0.278. The third-order valence-corrected chi connectivity index (χ3v) is 4.28. The summed E-state index contributed by atoms with van der Waals surface area (Å²) in [7, 11) is 0. The van der Waals surface area contributed by atoms with Crippen molar-refractivity contribution in [1.29, 1.82) is 0 Å². The summed E-state index contributed by atoms with van der Waals surface area (Å²) in [5.41, 5.74) is 2.65. The maximum Gasteiger partial charge on any atom is 0.244 e. The first kappa shape index (κ1) is 17.9. The van der Waals surface area contributed by atoms with Gasteiger partial charge in [0.2, 0.25) is 11.8 Å². The van der Waals surface area contributed by atoms with E-state index >= 15 is 0 Å². The summed E-state index contributed by atoms with van der Waals surface area (Å²) in [6.07, 6.45) is 4.93. The van der Waals surface area contributed by atoms with Gasteiger partial charge >= 0.3 is 0 Å². The maximum absolute atomic E-state index is 11.8. The van der Waals surface area contributed by atoms with E-state index in [9.17, 15) is 9.59 Å². The predicted octanol–water partition coefficient (Wildman–Crippen LogP) is 3.04. The summed E-state index contributed by atoms with van der Waals surface area (Å²) in [6, 6.07) is 7.28. The molecule has 0 radical (unpaired) electrons. The summed E-state index contributed by atoms with van der Waals surface area (Å²) in [6.45, 7) is 4.11. The van der Waals surface area contributed by atoms with Crippen LogP contribution < -0.4 is 10.6 Å². The highest BCUT2D eigenvalue weighted by Crippen LogP contribution is 2.11. The highest BCUT2D eigenvalue weighted by Gasteiger charge is 2.01. The van der Waals surface area contributed by atoms with Crippen molar-refractivity contribution < 1.29 is 9.59 Å². The van der Waals surface area contributed by atoms with Crippen LogP contribution in [0.4, 0.5) is 5.69 Å². The number of amides is 2. The molecular weight excluding hydrogens is 322 g/mol. The minimum atomic E-state index is -0.133. The van der Waals surface area contributed by atoms with E-state index in [1.807, 2.05) is 17.5 Å². The first-order chi connectivity index (χ1) is 11.6. The first-order valence-electron chi connectivity index (χ1n) is 7.83. The van der Waals surface area contributed by atoms with Crippen molar-refractivity contribution >= 4 is 34.9 Å². The molecule has 0 unspecified atom stereocenters. The second kappa shape index (κ2) is 8.98. The molecule has 0 spiro atoms. The number of aromatic nitrogens is 1. The number of benzene rings is 1. The first-order valence-corrected chi connectivity index (χ1v) is 8.71. The molecule has 0 aliphatic rings. The Balaban J connectivity index is 1.76. The quantitative estimate of drug-likeness (QED) is 0.759. The summed E-state index contributed by atoms with van der Waals surface area (Å²) >= 11 is 1.66. The fourth-order valence-corrected chi connectivity index (χ4v) is 2.83. The van der Waals surface area contributed by atoms with E-state index in [-0.39, 0.29) is 11.8 Å². The predicted molar refractivity (Wildman–Crippen MR) is 98.0 cm³/mol. The van der Waals surface area contributed by atoms with Gasteiger partial charge in [-0.25, -0.2) is 4.98 Å². The number of hydrogen-bond acceptors (Lipinski definition) is 4. The monoisotopic (exact) mass is 343 g/mol. The van der Waals surface area contributed by atoms with Crippen LogP contribution in [0.3, 0.4) is 0 Å². The molecule has 24 heavy (non-hydrogen) atoms. The van der Waals surface area contributed by atoms with Crippen LogP contribution in [0.1, 0.15) is 30.1 Å². The number of carbonyl (C=O) groups excluding carboxylic acids is 2. The number of rotatable bonds is 7. The van der Waals surface area contributed by atoms with Crippen molar-refractivity contribution in [1.82, 2.24) is 10.3 Å². The van der Waals surface area contributed by atoms with Crippen LogP contribution in [0.5, 0.6) is 0 Å². The normalized spacial score (nSPS) is 10.8. The average Bonchev–Trinajstić information content (AvgIpc) is 3.02. The molecule has 0 atom stereocenters. The van der Waals surface area contributed by atoms with Gasteiger partial charge in [-0.3, -0.25) is 9.59 Å². The lowest BCUT2D eigenvalue weighted by Crippen LogP contribution is -2.23. The Hall–Kier alpha value is -2.47. The standard InChI is InChI=1S/C18H21N3O2S/c1-3-18-21-16(12-24-18)10-11-19-17(23)9-6-14-4-7-15(8-5-14)20-13(2)22/h4-9,12H,3,10-11H2,1-2H3,(H,19,23)(H,20,22)/b9-6+. The van der Waals surface area contributed by atoms with Crippen LogP contribution in [0.2, 0.25) is 0 Å². The maximum atomic E-state index is 11.8. The van der Waals surface area contributed by atoms with E-state index in [0.29, 0.717) is 6.54 Å². The van der Waals surface area contributed by atoms with Gasteiger partial charge in [0.1, 0.15) is 0 Å². The van der Waals surface area contributed by atoms with Crippen LogP contribution in [0.25, 0.3) is 6.08 Å². The van der Waals surface area contributed by atoms with Crippen molar-refractivity contribution in [3.05, 3.63) is 52.0 Å². The fourth-order valence-electron chi connectivity index (χ4n) is 2.05. The molecule has 126 valence electrons. The molecule has 0 aliphatic carbocycles. The van der Waals surface area contributed by atoms with E-state index in [2.05, 4.69) is 22.5 Å². The number of aryl methyl sites for hydroxylation is 1. The lowest BCUT2D eigenvalue weighted by atomic mass is 10.2. The van der Waals surface area contributed by atoms with Gasteiger partial charge in [-0.1, -0.05) is 19.1 Å². The molecular formula is C18H21N3O2S. The number of nitrogens with zero attached hydrogens (tertiary/aromatic N) is 1. The van der Waals surface area contributed by atoms with Crippen molar-refractivity contribution in [2.24, 2.45) is 0 Å². The Kier molecular flexibility index (Phi) is 6.69. The number of nitrogens with one attached hydrogen (secondary N) is 2. The van der Waals surface area contributed by atoms with Gasteiger partial charge in [-0.15, -0.1) is 11.3 Å². The van der Waals surface area contributed by atoms with Gasteiger partial charge in [-0.2, -0.15) is 0 Å². The highest BCUT2D eigenvalue weighted by molar-refractivity contribution is 7.09. The second-order valence-electron chi connectivity index (χ2n) is 5.26. The minimum absolute atomic E-state index is 0.108. The van der Waals surface area contributed by atoms with Crippen LogP contribution >= 0.6 is 11.3 Å². The van der Waals surface area contributed by atoms with E-state index < -0.39 is 0 Å². The molecule has 0 saturated heterocycles. The van der Waals surface area contributed by atoms with Gasteiger partial charge in [0.25, 0.3) is 0 Å². The van der Waals surface area contributed by atoms with E-state index in [1.165, 1.54) is 13.0 Å². The van der Waals surface area contributed by atoms with E-state index in [1.54, 1.807) is 29.5 Å². The zero-order chi connectivity index (χ0) is 17.4. The SMILES string of the molecule is CCc1nc(CCNC(=O)/C=C/c2ccc(NC(C)=O)cc2)cs1. The topological polar surface area (TPSA) is 71.1 Å². The van der Waals surface area contributed by atoms with Crippen molar-refractivity contribution in [3.63, 3.8) is 0 Å². The van der Waals surface area contributed by atoms with Crippen LogP contribution in [-0.4, -0.2) is 23.3 Å². The molecule has 0 aliphatic heterocycles. The molecule has 0 bridgehead atoms. The molecule has 6 heteroatoms. The molecule has 5 nitrogen and oxygen atoms in total. The van der Waals surface area contributed by atoms with Gasteiger partial charge in [0.05, 0.1) is 10.7 Å². The largest absolute Gasteiger partial charge is 0.352 e. The summed E-state index contributed by atoms with van der Waals surface area (Å²) in [4.78, 5) is 27.2. The lowest BCUT2D eigenvalue weighted by molar-refractivity contribution is -0.116. The summed E-state index contributed by atoms with van der Waals surface area (Å²) in [5, 5.41) is 8.71. The zero-order valence-corrected chi connectivity index (χ0v) is 14.7. The molecule has 2 aromatic rings. The smallest absolute Gasteiger partial charge is 0.244 e. The molecule has 2 N–H and O–H groups in total. The number of hydrogen-bond donors (Lipinski definition) is 2. The van der Waals surface area contributed by atoms with Gasteiger partial charge in [0, 0.05) is 37.0 Å². The number of carbonyl (C=O) groups is 2. The Morgan fingerprint density at radius 2 is 2.00 bits per heavy atom. The molecule has 1 aromatic carbocycles. The van der Waals surface area contributed by atoms with Gasteiger partial charge in [0.15, 0.2) is 0 Å². The van der Waals surface area contributed by atoms with Gasteiger partial charge < -0.3 is 10.6 Å². The Morgan fingerprint density at radius 3 is 2.62 bits per heavy atom. The van der Waals surface area contributed by atoms with Crippen molar-refractivity contribution in [2.75, 3.05) is 11.9 Å². The van der Waals surface area contributed by atoms with Crippen molar-refractivity contribution in [3.8, 4) is 0 Å². The molecule has 2 amide bonds. The Morgan fingerprint density at radius 1 is 1.25 bits per heavy atom. The minimum Gasteiger partial charge on any atom is -0.352 e. The lowest BCUT2D eigenvalue weighted by Gasteiger charge is -2.02. The molecule has 1 aromatic heterocycles. The van der Waals surface area contributed by atoms with Crippen LogP contribution in [-0.2, 0) is 22.4 Å². The summed E-state index contributed by atoms with van der Waals surface area (Å²) in [5.74, 6) is -0.240. The van der Waals surface area contributed by atoms with Crippen molar-refractivity contribution in [2.45, 2.75) is 26.7 Å². The molecule has 2 rings (SSSR count). The van der Waals surface area contributed by atoms with E-state index in [4.69, 9.17) is 0 Å². The molecule has 0 fully saturated rings.